The molecule has 1 aromatic carbocycles. The van der Waals surface area contributed by atoms with Crippen molar-refractivity contribution in [3.63, 3.8) is 0 Å². The molecule has 2 fully saturated rings. The molecule has 0 aliphatic carbocycles. The lowest BCUT2D eigenvalue weighted by molar-refractivity contribution is -0.137. The van der Waals surface area contributed by atoms with Crippen molar-refractivity contribution in [1.82, 2.24) is 19.8 Å². The van der Waals surface area contributed by atoms with Gasteiger partial charge in [-0.25, -0.2) is 4.98 Å². The van der Waals surface area contributed by atoms with Crippen molar-refractivity contribution in [3.8, 4) is 0 Å². The van der Waals surface area contributed by atoms with E-state index in [0.29, 0.717) is 5.91 Å². The van der Waals surface area contributed by atoms with Crippen molar-refractivity contribution in [2.45, 2.75) is 45.2 Å². The first-order valence-corrected chi connectivity index (χ1v) is 9.26. The second-order valence-electron chi connectivity index (χ2n) is 6.94. The molecule has 2 atom stereocenters. The van der Waals surface area contributed by atoms with Crippen LogP contribution in [-0.4, -0.2) is 40.0 Å². The first-order chi connectivity index (χ1) is 11.8. The number of hydrogen-bond donors (Lipinski definition) is 1. The number of carbonyl (C=O) groups is 1. The van der Waals surface area contributed by atoms with Crippen LogP contribution in [0.15, 0.2) is 24.3 Å². The van der Waals surface area contributed by atoms with Crippen molar-refractivity contribution in [1.29, 1.82) is 0 Å². The summed E-state index contributed by atoms with van der Waals surface area (Å²) in [6.07, 6.45) is 4.21. The summed E-state index contributed by atoms with van der Waals surface area (Å²) in [5, 5.41) is 3.37. The van der Waals surface area contributed by atoms with E-state index in [-0.39, 0.29) is 36.8 Å². The molecule has 0 saturated carbocycles. The van der Waals surface area contributed by atoms with E-state index in [2.05, 4.69) is 39.9 Å². The SMILES string of the molecule is CCn1c(C2CCCN2C(=O)C2CCCNC2)nc2ccccc21.Cl.Cl. The summed E-state index contributed by atoms with van der Waals surface area (Å²) in [6.45, 7) is 5.78. The van der Waals surface area contributed by atoms with Gasteiger partial charge < -0.3 is 14.8 Å². The van der Waals surface area contributed by atoms with Crippen molar-refractivity contribution in [2.75, 3.05) is 19.6 Å². The highest BCUT2D eigenvalue weighted by atomic mass is 35.5. The van der Waals surface area contributed by atoms with Crippen LogP contribution in [0.1, 0.15) is 44.5 Å². The first-order valence-electron chi connectivity index (χ1n) is 9.26. The smallest absolute Gasteiger partial charge is 0.227 e. The number of nitrogens with zero attached hydrogens (tertiary/aromatic N) is 3. The Bertz CT molecular complexity index is 742. The Morgan fingerprint density at radius 3 is 2.77 bits per heavy atom. The van der Waals surface area contributed by atoms with Crippen LogP contribution in [0.2, 0.25) is 0 Å². The number of nitrogens with one attached hydrogen (secondary N) is 1. The predicted octanol–water partition coefficient (Wildman–Crippen LogP) is 3.56. The van der Waals surface area contributed by atoms with Gasteiger partial charge in [0.25, 0.3) is 0 Å². The number of aryl methyl sites for hydroxylation is 1. The van der Waals surface area contributed by atoms with Crippen LogP contribution in [0.5, 0.6) is 0 Å². The second kappa shape index (κ2) is 9.07. The van der Waals surface area contributed by atoms with Gasteiger partial charge in [-0.1, -0.05) is 12.1 Å². The number of likely N-dealkylation sites (tertiary alicyclic amines) is 1. The van der Waals surface area contributed by atoms with Crippen LogP contribution in [0.4, 0.5) is 0 Å². The Kier molecular flexibility index (Phi) is 7.33. The average Bonchev–Trinajstić information content (AvgIpc) is 3.25. The lowest BCUT2D eigenvalue weighted by Gasteiger charge is -2.31. The molecule has 2 aliphatic rings. The molecule has 2 unspecified atom stereocenters. The number of piperidine rings is 1. The van der Waals surface area contributed by atoms with Crippen LogP contribution in [0.25, 0.3) is 11.0 Å². The maximum Gasteiger partial charge on any atom is 0.227 e. The highest BCUT2D eigenvalue weighted by Crippen LogP contribution is 2.35. The monoisotopic (exact) mass is 398 g/mol. The average molecular weight is 399 g/mol. The van der Waals surface area contributed by atoms with Crippen LogP contribution >= 0.6 is 24.8 Å². The highest BCUT2D eigenvalue weighted by molar-refractivity contribution is 5.85. The van der Waals surface area contributed by atoms with Gasteiger partial charge in [-0.05, 0) is 51.3 Å². The lowest BCUT2D eigenvalue weighted by atomic mass is 9.97. The van der Waals surface area contributed by atoms with Crippen LogP contribution < -0.4 is 5.32 Å². The third-order valence-electron chi connectivity index (χ3n) is 5.48. The third-order valence-corrected chi connectivity index (χ3v) is 5.48. The number of carbonyl (C=O) groups excluding carboxylic acids is 1. The fourth-order valence-electron chi connectivity index (χ4n) is 4.28. The zero-order valence-electron chi connectivity index (χ0n) is 15.2. The molecule has 4 rings (SSSR count). The summed E-state index contributed by atoms with van der Waals surface area (Å²) < 4.78 is 2.28. The normalized spacial score (nSPS) is 22.7. The van der Waals surface area contributed by atoms with Crippen LogP contribution in [0.3, 0.4) is 0 Å². The van der Waals surface area contributed by atoms with E-state index in [4.69, 9.17) is 4.98 Å². The molecule has 1 N–H and O–H groups in total. The Labute approximate surface area is 167 Å². The fourth-order valence-corrected chi connectivity index (χ4v) is 4.28. The summed E-state index contributed by atoms with van der Waals surface area (Å²) in [5.74, 6) is 1.52. The van der Waals surface area contributed by atoms with E-state index in [1.54, 1.807) is 0 Å². The standard InChI is InChI=1S/C19H26N4O.2ClH/c1-2-22-16-9-4-3-8-15(16)21-18(22)17-10-6-12-23(17)19(24)14-7-5-11-20-13-14;;/h3-4,8-9,14,17,20H,2,5-7,10-13H2,1H3;2*1H. The molecular weight excluding hydrogens is 371 g/mol. The van der Waals surface area contributed by atoms with E-state index in [9.17, 15) is 4.79 Å². The Balaban J connectivity index is 0.00000121. The van der Waals surface area contributed by atoms with E-state index in [0.717, 1.165) is 63.2 Å². The molecule has 1 aromatic heterocycles. The molecule has 0 spiro atoms. The maximum atomic E-state index is 13.0. The number of benzene rings is 1. The molecule has 3 heterocycles. The van der Waals surface area contributed by atoms with E-state index < -0.39 is 0 Å². The quantitative estimate of drug-likeness (QED) is 0.859. The summed E-state index contributed by atoms with van der Waals surface area (Å²) in [7, 11) is 0. The molecule has 1 amide bonds. The first kappa shape index (κ1) is 21.0. The minimum absolute atomic E-state index is 0. The van der Waals surface area contributed by atoms with E-state index in [1.807, 2.05) is 6.07 Å². The van der Waals surface area contributed by atoms with Crippen molar-refractivity contribution < 1.29 is 4.79 Å². The molecular formula is C19H28Cl2N4O. The molecule has 26 heavy (non-hydrogen) atoms. The molecule has 2 saturated heterocycles. The van der Waals surface area contributed by atoms with Gasteiger partial charge in [0, 0.05) is 19.6 Å². The van der Waals surface area contributed by atoms with Gasteiger partial charge in [0.15, 0.2) is 0 Å². The second-order valence-corrected chi connectivity index (χ2v) is 6.94. The minimum Gasteiger partial charge on any atom is -0.332 e. The van der Waals surface area contributed by atoms with Gasteiger partial charge in [0.1, 0.15) is 5.82 Å². The van der Waals surface area contributed by atoms with Gasteiger partial charge >= 0.3 is 0 Å². The zero-order valence-corrected chi connectivity index (χ0v) is 16.8. The van der Waals surface area contributed by atoms with Gasteiger partial charge in [-0.15, -0.1) is 24.8 Å². The molecule has 2 aliphatic heterocycles. The van der Waals surface area contributed by atoms with Crippen molar-refractivity contribution in [3.05, 3.63) is 30.1 Å². The van der Waals surface area contributed by atoms with E-state index >= 15 is 0 Å². The Hall–Kier alpha value is -1.30. The van der Waals surface area contributed by atoms with Crippen LogP contribution in [-0.2, 0) is 11.3 Å². The fraction of sp³-hybridized carbons (Fsp3) is 0.579. The van der Waals surface area contributed by atoms with E-state index in [1.165, 1.54) is 5.52 Å². The molecule has 144 valence electrons. The third kappa shape index (κ3) is 3.71. The Morgan fingerprint density at radius 1 is 1.23 bits per heavy atom. The molecule has 0 bridgehead atoms. The summed E-state index contributed by atoms with van der Waals surface area (Å²) in [5.41, 5.74) is 2.21. The molecule has 0 radical (unpaired) electrons. The molecule has 5 nitrogen and oxygen atoms in total. The topological polar surface area (TPSA) is 50.2 Å². The molecule has 2 aromatic rings. The van der Waals surface area contributed by atoms with Crippen LogP contribution in [0, 0.1) is 5.92 Å². The van der Waals surface area contributed by atoms with Gasteiger partial charge in [-0.2, -0.15) is 0 Å². The number of rotatable bonds is 3. The van der Waals surface area contributed by atoms with Gasteiger partial charge in [-0.3, -0.25) is 4.79 Å². The number of aromatic nitrogens is 2. The van der Waals surface area contributed by atoms with Gasteiger partial charge in [0.2, 0.25) is 5.91 Å². The highest BCUT2D eigenvalue weighted by Gasteiger charge is 2.36. The number of amides is 1. The summed E-state index contributed by atoms with van der Waals surface area (Å²) in [4.78, 5) is 20.0. The lowest BCUT2D eigenvalue weighted by Crippen LogP contribution is -2.43. The number of halogens is 2. The minimum atomic E-state index is 0. The summed E-state index contributed by atoms with van der Waals surface area (Å²) >= 11 is 0. The summed E-state index contributed by atoms with van der Waals surface area (Å²) in [6, 6.07) is 8.42. The number of fused-ring (bicyclic) bond motifs is 1. The Morgan fingerprint density at radius 2 is 2.04 bits per heavy atom. The van der Waals surface area contributed by atoms with Crippen molar-refractivity contribution >= 4 is 41.8 Å². The number of hydrogen-bond acceptors (Lipinski definition) is 3. The molecule has 7 heteroatoms. The zero-order chi connectivity index (χ0) is 16.5. The van der Waals surface area contributed by atoms with Gasteiger partial charge in [0.05, 0.1) is 23.0 Å². The largest absolute Gasteiger partial charge is 0.332 e. The predicted molar refractivity (Wildman–Crippen MR) is 109 cm³/mol. The maximum absolute atomic E-state index is 13.0. The number of imidazole rings is 1. The number of para-hydroxylation sites is 2. The van der Waals surface area contributed by atoms with Crippen molar-refractivity contribution in [2.24, 2.45) is 5.92 Å².